The summed E-state index contributed by atoms with van der Waals surface area (Å²) in [5, 5.41) is 9.19. The fourth-order valence-corrected chi connectivity index (χ4v) is 1.04. The molecule has 6 heteroatoms. The molecule has 0 atom stereocenters. The smallest absolute Gasteiger partial charge is 0.422 e. The van der Waals surface area contributed by atoms with Crippen molar-refractivity contribution >= 4 is 0 Å². The molecule has 0 radical (unpaired) electrons. The van der Waals surface area contributed by atoms with E-state index in [9.17, 15) is 18.4 Å². The molecule has 1 heterocycles. The molecule has 1 aromatic rings. The molecule has 0 aliphatic carbocycles. The molecule has 0 spiro atoms. The van der Waals surface area contributed by atoms with Crippen LogP contribution in [0.25, 0.3) is 0 Å². The summed E-state index contributed by atoms with van der Waals surface area (Å²) in [5.41, 5.74) is 0.916. The maximum absolute atomic E-state index is 11.9. The number of alkyl halides is 3. The molecule has 0 aliphatic rings. The van der Waals surface area contributed by atoms with Gasteiger partial charge in [0.1, 0.15) is 5.75 Å². The van der Waals surface area contributed by atoms with Crippen LogP contribution in [0.2, 0.25) is 0 Å². The number of halogens is 3. The van der Waals surface area contributed by atoms with E-state index in [1.54, 1.807) is 13.8 Å². The van der Waals surface area contributed by atoms with Crippen molar-refractivity contribution in [2.45, 2.75) is 20.0 Å². The number of rotatable bonds is 2. The average molecular weight is 222 g/mol. The SMILES string of the molecule is Cc1c(OCC(F)(F)F)cc[n+](O)c1C. The van der Waals surface area contributed by atoms with Gasteiger partial charge in [0, 0.05) is 17.7 Å². The molecule has 1 N–H and O–H groups in total. The van der Waals surface area contributed by atoms with Gasteiger partial charge in [-0.1, -0.05) is 0 Å². The Morgan fingerprint density at radius 2 is 2.00 bits per heavy atom. The predicted octanol–water partition coefficient (Wildman–Crippen LogP) is 1.77. The van der Waals surface area contributed by atoms with Crippen molar-refractivity contribution in [2.75, 3.05) is 6.61 Å². The van der Waals surface area contributed by atoms with Crippen molar-refractivity contribution in [3.8, 4) is 5.75 Å². The summed E-state index contributed by atoms with van der Waals surface area (Å²) < 4.78 is 41.0. The van der Waals surface area contributed by atoms with E-state index < -0.39 is 12.8 Å². The van der Waals surface area contributed by atoms with Gasteiger partial charge in [-0.15, -0.1) is 0 Å². The Labute approximate surface area is 84.7 Å². The van der Waals surface area contributed by atoms with Gasteiger partial charge >= 0.3 is 6.18 Å². The number of hydrogen-bond acceptors (Lipinski definition) is 2. The molecule has 0 amide bonds. The summed E-state index contributed by atoms with van der Waals surface area (Å²) in [5.74, 6) is 0.120. The second-order valence-electron chi connectivity index (χ2n) is 3.14. The summed E-state index contributed by atoms with van der Waals surface area (Å²) in [4.78, 5) is 0. The fourth-order valence-electron chi connectivity index (χ4n) is 1.04. The number of aromatic nitrogens is 1. The van der Waals surface area contributed by atoms with Crippen LogP contribution in [0.4, 0.5) is 13.2 Å². The molecule has 0 aromatic carbocycles. The lowest BCUT2D eigenvalue weighted by molar-refractivity contribution is -0.909. The minimum atomic E-state index is -4.36. The third-order valence-corrected chi connectivity index (χ3v) is 2.01. The molecule has 0 saturated carbocycles. The fraction of sp³-hybridized carbons (Fsp3) is 0.444. The zero-order valence-corrected chi connectivity index (χ0v) is 8.30. The summed E-state index contributed by atoms with van der Waals surface area (Å²) in [6.45, 7) is 1.83. The van der Waals surface area contributed by atoms with E-state index in [-0.39, 0.29) is 5.75 Å². The Morgan fingerprint density at radius 3 is 2.53 bits per heavy atom. The second kappa shape index (κ2) is 3.96. The molecule has 15 heavy (non-hydrogen) atoms. The van der Waals surface area contributed by atoms with Crippen molar-refractivity contribution < 1.29 is 27.8 Å². The Hall–Kier alpha value is -1.46. The first-order chi connectivity index (χ1) is 6.81. The summed E-state index contributed by atoms with van der Waals surface area (Å²) in [6.07, 6.45) is -3.13. The summed E-state index contributed by atoms with van der Waals surface area (Å²) >= 11 is 0. The summed E-state index contributed by atoms with van der Waals surface area (Å²) in [7, 11) is 0. The van der Waals surface area contributed by atoms with Crippen LogP contribution in [0.1, 0.15) is 11.3 Å². The molecular weight excluding hydrogens is 211 g/mol. The minimum absolute atomic E-state index is 0.120. The van der Waals surface area contributed by atoms with E-state index in [0.29, 0.717) is 11.3 Å². The lowest BCUT2D eigenvalue weighted by Gasteiger charge is -2.10. The maximum atomic E-state index is 11.9. The first-order valence-electron chi connectivity index (χ1n) is 4.22. The van der Waals surface area contributed by atoms with Gasteiger partial charge in [0.2, 0.25) is 11.9 Å². The van der Waals surface area contributed by atoms with Crippen molar-refractivity contribution in [1.82, 2.24) is 0 Å². The Bertz CT molecular complexity index is 363. The molecule has 0 unspecified atom stereocenters. The van der Waals surface area contributed by atoms with Crippen LogP contribution in [0, 0.1) is 13.8 Å². The molecule has 0 aliphatic heterocycles. The first kappa shape index (κ1) is 11.6. The summed E-state index contributed by atoms with van der Waals surface area (Å²) in [6, 6.07) is 1.29. The zero-order valence-electron chi connectivity index (χ0n) is 8.30. The molecular formula is C9H11F3NO2+. The quantitative estimate of drug-likeness (QED) is 0.611. The highest BCUT2D eigenvalue weighted by molar-refractivity contribution is 5.31. The van der Waals surface area contributed by atoms with Crippen LogP contribution in [-0.2, 0) is 0 Å². The van der Waals surface area contributed by atoms with Crippen LogP contribution in [0.3, 0.4) is 0 Å². The zero-order chi connectivity index (χ0) is 11.6. The van der Waals surface area contributed by atoms with Crippen molar-refractivity contribution in [2.24, 2.45) is 0 Å². The highest BCUT2D eigenvalue weighted by Crippen LogP contribution is 2.21. The maximum Gasteiger partial charge on any atom is 0.422 e. The van der Waals surface area contributed by atoms with E-state index in [2.05, 4.69) is 4.74 Å². The number of hydrogen-bond donors (Lipinski definition) is 1. The van der Waals surface area contributed by atoms with Gasteiger partial charge in [-0.25, -0.2) is 0 Å². The lowest BCUT2D eigenvalue weighted by atomic mass is 10.2. The highest BCUT2D eigenvalue weighted by Gasteiger charge is 2.29. The van der Waals surface area contributed by atoms with E-state index in [1.165, 1.54) is 12.3 Å². The largest absolute Gasteiger partial charge is 0.483 e. The molecule has 0 bridgehead atoms. The highest BCUT2D eigenvalue weighted by atomic mass is 19.4. The van der Waals surface area contributed by atoms with E-state index in [0.717, 1.165) is 4.73 Å². The molecule has 0 fully saturated rings. The van der Waals surface area contributed by atoms with Gasteiger partial charge in [0.05, 0.1) is 5.56 Å². The third-order valence-electron chi connectivity index (χ3n) is 2.01. The van der Waals surface area contributed by atoms with Crippen LogP contribution >= 0.6 is 0 Å². The van der Waals surface area contributed by atoms with Gasteiger partial charge in [0.25, 0.3) is 0 Å². The van der Waals surface area contributed by atoms with E-state index in [4.69, 9.17) is 0 Å². The average Bonchev–Trinajstić information content (AvgIpc) is 2.12. The monoisotopic (exact) mass is 222 g/mol. The van der Waals surface area contributed by atoms with Crippen LogP contribution < -0.4 is 9.47 Å². The molecule has 1 rings (SSSR count). The van der Waals surface area contributed by atoms with E-state index in [1.807, 2.05) is 0 Å². The molecule has 1 aromatic heterocycles. The number of ether oxygens (including phenoxy) is 1. The number of nitrogens with zero attached hydrogens (tertiary/aromatic N) is 1. The van der Waals surface area contributed by atoms with Gasteiger partial charge in [0.15, 0.2) is 6.61 Å². The Morgan fingerprint density at radius 1 is 1.40 bits per heavy atom. The molecule has 84 valence electrons. The topological polar surface area (TPSA) is 33.3 Å². The first-order valence-corrected chi connectivity index (χ1v) is 4.22. The van der Waals surface area contributed by atoms with Crippen LogP contribution in [0.5, 0.6) is 5.75 Å². The second-order valence-corrected chi connectivity index (χ2v) is 3.14. The van der Waals surface area contributed by atoms with Gasteiger partial charge in [-0.2, -0.15) is 13.2 Å². The number of pyridine rings is 1. The lowest BCUT2D eigenvalue weighted by Crippen LogP contribution is -2.34. The Balaban J connectivity index is 2.83. The van der Waals surface area contributed by atoms with Crippen molar-refractivity contribution in [3.05, 3.63) is 23.5 Å². The predicted molar refractivity (Wildman–Crippen MR) is 44.8 cm³/mol. The Kier molecular flexibility index (Phi) is 3.06. The minimum Gasteiger partial charge on any atom is -0.483 e. The van der Waals surface area contributed by atoms with Crippen LogP contribution in [0.15, 0.2) is 12.3 Å². The third kappa shape index (κ3) is 3.00. The van der Waals surface area contributed by atoms with E-state index >= 15 is 0 Å². The standard InChI is InChI=1S/C9H11F3NO2/c1-6-7(2)13(14)4-3-8(6)15-5-9(10,11)12/h3-4,14H,5H2,1-2H3/q+1. The normalized spacial score (nSPS) is 11.5. The van der Waals surface area contributed by atoms with Crippen molar-refractivity contribution in [3.63, 3.8) is 0 Å². The van der Waals surface area contributed by atoms with Gasteiger partial charge in [-0.3, -0.25) is 5.21 Å². The van der Waals surface area contributed by atoms with Crippen LogP contribution in [-0.4, -0.2) is 18.0 Å². The molecule has 3 nitrogen and oxygen atoms in total. The van der Waals surface area contributed by atoms with Gasteiger partial charge < -0.3 is 4.74 Å². The molecule has 0 saturated heterocycles. The van der Waals surface area contributed by atoms with Gasteiger partial charge in [-0.05, 0) is 6.92 Å². The van der Waals surface area contributed by atoms with Crippen molar-refractivity contribution in [1.29, 1.82) is 0 Å².